The average molecular weight is 276 g/mol. The first-order chi connectivity index (χ1) is 9.58. The molecule has 1 unspecified atom stereocenters. The molecule has 0 N–H and O–H groups in total. The van der Waals surface area contributed by atoms with Crippen molar-refractivity contribution in [2.24, 2.45) is 0 Å². The second kappa shape index (κ2) is 8.15. The van der Waals surface area contributed by atoms with Gasteiger partial charge in [0.2, 0.25) is 0 Å². The minimum Gasteiger partial charge on any atom is -0.466 e. The lowest BCUT2D eigenvalue weighted by molar-refractivity contribution is -0.147. The lowest BCUT2D eigenvalue weighted by Crippen LogP contribution is -2.24. The van der Waals surface area contributed by atoms with Crippen LogP contribution in [0.2, 0.25) is 0 Å². The van der Waals surface area contributed by atoms with Crippen molar-refractivity contribution < 1.29 is 19.1 Å². The van der Waals surface area contributed by atoms with Crippen LogP contribution < -0.4 is 0 Å². The van der Waals surface area contributed by atoms with E-state index in [-0.39, 0.29) is 0 Å². The number of hydrogen-bond donors (Lipinski definition) is 0. The molecule has 0 aliphatic rings. The van der Waals surface area contributed by atoms with Crippen molar-refractivity contribution in [2.45, 2.75) is 32.8 Å². The second-order valence-corrected chi connectivity index (χ2v) is 4.39. The van der Waals surface area contributed by atoms with Gasteiger partial charge in [-0.1, -0.05) is 43.7 Å². The molecule has 0 saturated heterocycles. The molecule has 1 rings (SSSR count). The predicted octanol–water partition coefficient (Wildman–Crippen LogP) is 2.97. The Morgan fingerprint density at radius 3 is 2.40 bits per heavy atom. The van der Waals surface area contributed by atoms with Gasteiger partial charge in [-0.25, -0.2) is 4.79 Å². The summed E-state index contributed by atoms with van der Waals surface area (Å²) >= 11 is 0. The minimum atomic E-state index is -0.579. The number of esters is 2. The van der Waals surface area contributed by atoms with Gasteiger partial charge in [-0.15, -0.1) is 0 Å². The van der Waals surface area contributed by atoms with E-state index in [1.165, 1.54) is 14.0 Å². The molecule has 1 atom stereocenters. The maximum absolute atomic E-state index is 11.9. The highest BCUT2D eigenvalue weighted by Crippen LogP contribution is 2.18. The highest BCUT2D eigenvalue weighted by molar-refractivity contribution is 5.95. The molecule has 0 spiro atoms. The smallest absolute Gasteiger partial charge is 0.337 e. The summed E-state index contributed by atoms with van der Waals surface area (Å²) in [5.74, 6) is -0.889. The maximum Gasteiger partial charge on any atom is 0.337 e. The summed E-state index contributed by atoms with van der Waals surface area (Å²) in [6, 6.07) is 9.40. The number of ether oxygens (including phenoxy) is 2. The molecule has 4 heteroatoms. The minimum absolute atomic E-state index is 0.357. The Kier molecular flexibility index (Phi) is 6.50. The molecule has 0 bridgehead atoms. The third-order valence-corrected chi connectivity index (χ3v) is 2.75. The van der Waals surface area contributed by atoms with Gasteiger partial charge in [0, 0.05) is 6.92 Å². The summed E-state index contributed by atoms with van der Waals surface area (Å²) in [6.07, 6.45) is 2.49. The molecular weight excluding hydrogens is 256 g/mol. The van der Waals surface area contributed by atoms with Gasteiger partial charge < -0.3 is 9.47 Å². The Labute approximate surface area is 119 Å². The Hall–Kier alpha value is -2.10. The Bertz CT molecular complexity index is 477. The van der Waals surface area contributed by atoms with Gasteiger partial charge in [-0.05, 0) is 18.1 Å². The fraction of sp³-hybridized carbons (Fsp3) is 0.375. The molecule has 0 heterocycles. The van der Waals surface area contributed by atoms with Gasteiger partial charge in [-0.3, -0.25) is 4.79 Å². The number of carbonyl (C=O) groups excluding carboxylic acids is 2. The van der Waals surface area contributed by atoms with Crippen LogP contribution in [0, 0.1) is 0 Å². The molecule has 20 heavy (non-hydrogen) atoms. The Balaban J connectivity index is 3.12. The molecule has 4 nitrogen and oxygen atoms in total. The van der Waals surface area contributed by atoms with E-state index in [0.29, 0.717) is 12.0 Å². The third kappa shape index (κ3) is 4.88. The molecule has 0 aromatic heterocycles. The topological polar surface area (TPSA) is 52.6 Å². The van der Waals surface area contributed by atoms with Crippen LogP contribution in [-0.2, 0) is 19.1 Å². The fourth-order valence-electron chi connectivity index (χ4n) is 1.87. The van der Waals surface area contributed by atoms with Crippen LogP contribution >= 0.6 is 0 Å². The van der Waals surface area contributed by atoms with E-state index in [9.17, 15) is 9.59 Å². The molecule has 0 fully saturated rings. The monoisotopic (exact) mass is 276 g/mol. The first-order valence-corrected chi connectivity index (χ1v) is 6.60. The van der Waals surface area contributed by atoms with Crippen LogP contribution in [0.25, 0.3) is 6.08 Å². The van der Waals surface area contributed by atoms with Crippen molar-refractivity contribution >= 4 is 18.0 Å². The van der Waals surface area contributed by atoms with Crippen LogP contribution in [0.1, 0.15) is 32.3 Å². The molecule has 0 saturated carbocycles. The molecule has 108 valence electrons. The molecule has 0 aliphatic heterocycles. The standard InChI is InChI=1S/C16H20O4/c1-4-8-15(20-12(2)17)14(16(18)19-3)11-13-9-6-5-7-10-13/h5-7,9-11,15H,4,8H2,1-3H3/b14-11+. The van der Waals surface area contributed by atoms with E-state index >= 15 is 0 Å². The maximum atomic E-state index is 11.9. The van der Waals surface area contributed by atoms with Gasteiger partial charge >= 0.3 is 11.9 Å². The van der Waals surface area contributed by atoms with Crippen LogP contribution in [0.3, 0.4) is 0 Å². The van der Waals surface area contributed by atoms with Crippen LogP contribution in [0.4, 0.5) is 0 Å². The van der Waals surface area contributed by atoms with Crippen molar-refractivity contribution in [2.75, 3.05) is 7.11 Å². The number of carbonyl (C=O) groups is 2. The zero-order chi connectivity index (χ0) is 15.0. The van der Waals surface area contributed by atoms with Gasteiger partial charge in [0.05, 0.1) is 12.7 Å². The van der Waals surface area contributed by atoms with Gasteiger partial charge in [-0.2, -0.15) is 0 Å². The van der Waals surface area contributed by atoms with Crippen LogP contribution in [0.5, 0.6) is 0 Å². The lowest BCUT2D eigenvalue weighted by atomic mass is 10.0. The average Bonchev–Trinajstić information content (AvgIpc) is 2.44. The zero-order valence-corrected chi connectivity index (χ0v) is 12.1. The summed E-state index contributed by atoms with van der Waals surface area (Å²) in [5.41, 5.74) is 1.22. The fourth-order valence-corrected chi connectivity index (χ4v) is 1.87. The summed E-state index contributed by atoms with van der Waals surface area (Å²) in [5, 5.41) is 0. The number of rotatable bonds is 6. The lowest BCUT2D eigenvalue weighted by Gasteiger charge is -2.18. The van der Waals surface area contributed by atoms with Crippen LogP contribution in [0.15, 0.2) is 35.9 Å². The number of benzene rings is 1. The van der Waals surface area contributed by atoms with E-state index in [4.69, 9.17) is 9.47 Å². The van der Waals surface area contributed by atoms with E-state index in [1.807, 2.05) is 37.3 Å². The van der Waals surface area contributed by atoms with Crippen LogP contribution in [-0.4, -0.2) is 25.2 Å². The largest absolute Gasteiger partial charge is 0.466 e. The molecule has 0 amide bonds. The first kappa shape index (κ1) is 16.0. The highest BCUT2D eigenvalue weighted by atomic mass is 16.6. The van der Waals surface area contributed by atoms with Crippen molar-refractivity contribution in [3.05, 3.63) is 41.5 Å². The van der Waals surface area contributed by atoms with Gasteiger partial charge in [0.25, 0.3) is 0 Å². The molecule has 1 aromatic carbocycles. The summed E-state index contributed by atoms with van der Waals surface area (Å²) < 4.78 is 10.0. The van der Waals surface area contributed by atoms with Gasteiger partial charge in [0.15, 0.2) is 0 Å². The summed E-state index contributed by atoms with van der Waals surface area (Å²) in [6.45, 7) is 3.30. The van der Waals surface area contributed by atoms with E-state index < -0.39 is 18.0 Å². The molecule has 0 aliphatic carbocycles. The molecule has 0 radical (unpaired) electrons. The van der Waals surface area contributed by atoms with Crippen molar-refractivity contribution in [3.63, 3.8) is 0 Å². The van der Waals surface area contributed by atoms with E-state index in [1.54, 1.807) is 6.08 Å². The Morgan fingerprint density at radius 1 is 1.25 bits per heavy atom. The quantitative estimate of drug-likeness (QED) is 0.592. The summed E-state index contributed by atoms with van der Waals surface area (Å²) in [7, 11) is 1.32. The highest BCUT2D eigenvalue weighted by Gasteiger charge is 2.23. The van der Waals surface area contributed by atoms with Gasteiger partial charge in [0.1, 0.15) is 6.10 Å². The number of hydrogen-bond acceptors (Lipinski definition) is 4. The normalized spacial score (nSPS) is 12.7. The third-order valence-electron chi connectivity index (χ3n) is 2.75. The summed E-state index contributed by atoms with van der Waals surface area (Å²) in [4.78, 5) is 23.1. The Morgan fingerprint density at radius 2 is 1.90 bits per heavy atom. The second-order valence-electron chi connectivity index (χ2n) is 4.39. The molecule has 1 aromatic rings. The van der Waals surface area contributed by atoms with E-state index in [0.717, 1.165) is 12.0 Å². The van der Waals surface area contributed by atoms with Crippen molar-refractivity contribution in [3.8, 4) is 0 Å². The SMILES string of the molecule is CCCC(OC(C)=O)/C(=C\c1ccccc1)C(=O)OC. The number of methoxy groups -OCH3 is 1. The predicted molar refractivity (Wildman–Crippen MR) is 76.9 cm³/mol. The van der Waals surface area contributed by atoms with E-state index in [2.05, 4.69) is 0 Å². The molecular formula is C16H20O4. The first-order valence-electron chi connectivity index (χ1n) is 6.60. The van der Waals surface area contributed by atoms with Crippen molar-refractivity contribution in [1.29, 1.82) is 0 Å². The van der Waals surface area contributed by atoms with Crippen molar-refractivity contribution in [1.82, 2.24) is 0 Å². The zero-order valence-electron chi connectivity index (χ0n) is 12.1.